The summed E-state index contributed by atoms with van der Waals surface area (Å²) in [5.74, 6) is -0.546. The number of benzene rings is 2. The zero-order chi connectivity index (χ0) is 25.0. The van der Waals surface area contributed by atoms with Gasteiger partial charge in [0.2, 0.25) is 0 Å². The van der Waals surface area contributed by atoms with E-state index in [1.807, 2.05) is 37.2 Å². The number of rotatable bonds is 3. The van der Waals surface area contributed by atoms with Crippen LogP contribution in [-0.2, 0) is 13.5 Å². The normalized spacial score (nSPS) is 15.3. The number of amides is 1. The summed E-state index contributed by atoms with van der Waals surface area (Å²) in [5, 5.41) is 8.94. The fourth-order valence-electron chi connectivity index (χ4n) is 4.87. The first kappa shape index (κ1) is 22.6. The highest BCUT2D eigenvalue weighted by Crippen LogP contribution is 2.32. The number of aromatic nitrogens is 5. The van der Waals surface area contributed by atoms with Crippen molar-refractivity contribution in [2.75, 3.05) is 6.54 Å². The maximum atomic E-state index is 14.7. The molecule has 0 fully saturated rings. The fraction of sp³-hybridized carbons (Fsp3) is 0.185. The molecule has 36 heavy (non-hydrogen) atoms. The lowest BCUT2D eigenvalue weighted by atomic mass is 9.93. The molecule has 180 valence electrons. The van der Waals surface area contributed by atoms with E-state index in [1.165, 1.54) is 11.6 Å². The Morgan fingerprint density at radius 3 is 2.75 bits per heavy atom. The van der Waals surface area contributed by atoms with Gasteiger partial charge in [-0.2, -0.15) is 10.2 Å². The van der Waals surface area contributed by atoms with Gasteiger partial charge in [0.15, 0.2) is 5.65 Å². The van der Waals surface area contributed by atoms with Crippen LogP contribution in [0, 0.1) is 5.82 Å². The number of nitrogens with zero attached hydrogens (tertiary/aromatic N) is 6. The summed E-state index contributed by atoms with van der Waals surface area (Å²) in [7, 11) is 1.83. The van der Waals surface area contributed by atoms with Gasteiger partial charge in [0.1, 0.15) is 11.5 Å². The Balaban J connectivity index is 1.48. The summed E-state index contributed by atoms with van der Waals surface area (Å²) >= 11 is 3.30. The van der Waals surface area contributed by atoms with Gasteiger partial charge in [-0.3, -0.25) is 9.48 Å². The van der Waals surface area contributed by atoms with E-state index in [1.54, 1.807) is 39.7 Å². The second-order valence-corrected chi connectivity index (χ2v) is 9.89. The van der Waals surface area contributed by atoms with Crippen molar-refractivity contribution in [3.63, 3.8) is 0 Å². The Morgan fingerprint density at radius 1 is 1.14 bits per heavy atom. The van der Waals surface area contributed by atoms with Crippen molar-refractivity contribution in [2.45, 2.75) is 19.4 Å². The third kappa shape index (κ3) is 3.80. The van der Waals surface area contributed by atoms with E-state index in [9.17, 15) is 9.18 Å². The molecule has 0 bridgehead atoms. The van der Waals surface area contributed by atoms with Gasteiger partial charge in [-0.1, -0.05) is 40.2 Å². The number of fused-ring (bicyclic) bond motifs is 2. The molecule has 3 aromatic heterocycles. The lowest BCUT2D eigenvalue weighted by molar-refractivity contribution is 0.0672. The fourth-order valence-corrected chi connectivity index (χ4v) is 5.20. The predicted octanol–water partition coefficient (Wildman–Crippen LogP) is 5.46. The van der Waals surface area contributed by atoms with E-state index in [0.29, 0.717) is 39.3 Å². The topological polar surface area (TPSA) is 68.3 Å². The second-order valence-electron chi connectivity index (χ2n) is 8.98. The van der Waals surface area contributed by atoms with Crippen LogP contribution in [0.1, 0.15) is 34.6 Å². The van der Waals surface area contributed by atoms with Crippen LogP contribution < -0.4 is 0 Å². The van der Waals surface area contributed by atoms with Crippen molar-refractivity contribution >= 4 is 27.5 Å². The number of hydrogen-bond donors (Lipinski definition) is 0. The van der Waals surface area contributed by atoms with Crippen LogP contribution in [0.4, 0.5) is 4.39 Å². The van der Waals surface area contributed by atoms with Crippen molar-refractivity contribution in [2.24, 2.45) is 7.05 Å². The molecule has 0 aliphatic carbocycles. The third-order valence-electron chi connectivity index (χ3n) is 6.71. The molecule has 6 rings (SSSR count). The van der Waals surface area contributed by atoms with Crippen LogP contribution in [0.5, 0.6) is 0 Å². The van der Waals surface area contributed by atoms with E-state index in [2.05, 4.69) is 43.2 Å². The van der Waals surface area contributed by atoms with Crippen LogP contribution in [-0.4, -0.2) is 41.7 Å². The maximum absolute atomic E-state index is 14.7. The summed E-state index contributed by atoms with van der Waals surface area (Å²) in [5.41, 5.74) is 5.43. The van der Waals surface area contributed by atoms with Crippen LogP contribution in [0.2, 0.25) is 0 Å². The van der Waals surface area contributed by atoms with E-state index < -0.39 is 5.82 Å². The molecule has 0 saturated carbocycles. The number of carbonyl (C=O) groups is 1. The predicted molar refractivity (Wildman–Crippen MR) is 138 cm³/mol. The van der Waals surface area contributed by atoms with Gasteiger partial charge in [-0.05, 0) is 48.7 Å². The van der Waals surface area contributed by atoms with Crippen LogP contribution in [0.15, 0.2) is 71.5 Å². The molecule has 0 spiro atoms. The summed E-state index contributed by atoms with van der Waals surface area (Å²) in [6.45, 7) is 2.66. The minimum absolute atomic E-state index is 0.0698. The van der Waals surface area contributed by atoms with Crippen molar-refractivity contribution in [1.82, 2.24) is 29.3 Å². The Hall–Kier alpha value is -3.85. The molecule has 0 unspecified atom stereocenters. The van der Waals surface area contributed by atoms with Crippen LogP contribution in [0.25, 0.3) is 28.2 Å². The van der Waals surface area contributed by atoms with E-state index in [4.69, 9.17) is 0 Å². The molecular formula is C27H22BrFN6O. The van der Waals surface area contributed by atoms with E-state index in [-0.39, 0.29) is 11.9 Å². The summed E-state index contributed by atoms with van der Waals surface area (Å²) in [4.78, 5) is 20.3. The van der Waals surface area contributed by atoms with Gasteiger partial charge >= 0.3 is 0 Å². The minimum atomic E-state index is -0.396. The molecule has 4 heterocycles. The lowest BCUT2D eigenvalue weighted by Gasteiger charge is -2.35. The molecular weight excluding hydrogens is 523 g/mol. The van der Waals surface area contributed by atoms with Crippen molar-refractivity contribution in [3.05, 3.63) is 94.1 Å². The molecule has 7 nitrogen and oxygen atoms in total. The lowest BCUT2D eigenvalue weighted by Crippen LogP contribution is -2.39. The summed E-state index contributed by atoms with van der Waals surface area (Å²) < 4.78 is 18.7. The Bertz CT molecular complexity index is 1640. The van der Waals surface area contributed by atoms with Crippen LogP contribution in [0.3, 0.4) is 0 Å². The zero-order valence-corrected chi connectivity index (χ0v) is 21.3. The standard InChI is InChI=1S/C27H22BrFN6O/c1-16-20-6-4-3-5-17(20)9-10-34(16)27(36)24-12-25(18-14-30-33(2)15-18)35-26(31-24)13-23(32-35)21-8-7-19(28)11-22(21)29/h3-8,11-16H,9-10H2,1-2H3/t16-/m1/s1. The monoisotopic (exact) mass is 544 g/mol. The van der Waals surface area contributed by atoms with Gasteiger partial charge in [0.25, 0.3) is 5.91 Å². The van der Waals surface area contributed by atoms with Gasteiger partial charge in [-0.15, -0.1) is 0 Å². The average molecular weight is 545 g/mol. The van der Waals surface area contributed by atoms with Crippen molar-refractivity contribution in [1.29, 1.82) is 0 Å². The molecule has 0 saturated heterocycles. The first-order chi connectivity index (χ1) is 17.4. The second kappa shape index (κ2) is 8.67. The molecule has 5 aromatic rings. The first-order valence-corrected chi connectivity index (χ1v) is 12.4. The number of carbonyl (C=O) groups excluding carboxylic acids is 1. The minimum Gasteiger partial charge on any atom is -0.330 e. The Kier molecular flexibility index (Phi) is 5.44. The zero-order valence-electron chi connectivity index (χ0n) is 19.7. The summed E-state index contributed by atoms with van der Waals surface area (Å²) in [6.07, 6.45) is 4.36. The molecule has 9 heteroatoms. The first-order valence-electron chi connectivity index (χ1n) is 11.6. The highest BCUT2D eigenvalue weighted by atomic mass is 79.9. The Labute approximate surface area is 215 Å². The highest BCUT2D eigenvalue weighted by molar-refractivity contribution is 9.10. The molecule has 0 radical (unpaired) electrons. The number of aryl methyl sites for hydroxylation is 1. The van der Waals surface area contributed by atoms with Crippen molar-refractivity contribution in [3.8, 4) is 22.5 Å². The number of hydrogen-bond acceptors (Lipinski definition) is 4. The highest BCUT2D eigenvalue weighted by Gasteiger charge is 2.30. The largest absolute Gasteiger partial charge is 0.330 e. The van der Waals surface area contributed by atoms with Gasteiger partial charge in [0, 0.05) is 41.5 Å². The molecule has 1 atom stereocenters. The smallest absolute Gasteiger partial charge is 0.273 e. The molecule has 2 aromatic carbocycles. The maximum Gasteiger partial charge on any atom is 0.273 e. The van der Waals surface area contributed by atoms with Crippen LogP contribution >= 0.6 is 15.9 Å². The van der Waals surface area contributed by atoms with Gasteiger partial charge < -0.3 is 4.90 Å². The van der Waals surface area contributed by atoms with Gasteiger partial charge in [-0.25, -0.2) is 13.9 Å². The molecule has 1 aliphatic rings. The van der Waals surface area contributed by atoms with Gasteiger partial charge in [0.05, 0.1) is 23.6 Å². The van der Waals surface area contributed by atoms with E-state index in [0.717, 1.165) is 17.5 Å². The Morgan fingerprint density at radius 2 is 1.97 bits per heavy atom. The molecule has 1 amide bonds. The number of halogens is 2. The molecule has 1 aliphatic heterocycles. The SMILES string of the molecule is C[C@@H]1c2ccccc2CCN1C(=O)c1cc(-c2cnn(C)c2)n2nc(-c3ccc(Br)cc3F)cc2n1. The third-order valence-corrected chi connectivity index (χ3v) is 7.20. The van der Waals surface area contributed by atoms with Crippen molar-refractivity contribution < 1.29 is 9.18 Å². The molecule has 0 N–H and O–H groups in total. The van der Waals surface area contributed by atoms with E-state index >= 15 is 0 Å². The summed E-state index contributed by atoms with van der Waals surface area (Å²) in [6, 6.07) is 16.4. The quantitative estimate of drug-likeness (QED) is 0.302. The average Bonchev–Trinajstić information content (AvgIpc) is 3.49.